The van der Waals surface area contributed by atoms with Gasteiger partial charge in [0, 0.05) is 13.5 Å². The number of aliphatic imine (C=N–C) groups is 1. The minimum absolute atomic E-state index is 0.0334. The maximum absolute atomic E-state index is 13.0. The Balaban J connectivity index is 1.76. The smallest absolute Gasteiger partial charge is 0.296 e. The first-order chi connectivity index (χ1) is 15.8. The standard InChI is InChI=1S/C22H24N4O6S/c1-14-4-6-15(7-5-14)23-22-25(10-11-31-2)21(28)19(33-22)13-20(27)24-17-9-8-16(32-3)12-18(17)26(29)30/h4-9,12,19H,10-11,13H2,1-3H3,(H,24,27). The van der Waals surface area contributed by atoms with Gasteiger partial charge in [0.1, 0.15) is 16.7 Å². The Kier molecular flexibility index (Phi) is 8.01. The number of carbonyl (C=O) groups is 2. The molecule has 2 amide bonds. The Hall–Kier alpha value is -3.44. The third kappa shape index (κ3) is 6.08. The number of nitrogens with zero attached hydrogens (tertiary/aromatic N) is 3. The minimum Gasteiger partial charge on any atom is -0.496 e. The first-order valence-corrected chi connectivity index (χ1v) is 10.9. The lowest BCUT2D eigenvalue weighted by Crippen LogP contribution is -2.35. The number of nitro groups is 1. The lowest BCUT2D eigenvalue weighted by Gasteiger charge is -2.15. The molecule has 1 heterocycles. The van der Waals surface area contributed by atoms with Crippen LogP contribution in [0.5, 0.6) is 5.75 Å². The summed E-state index contributed by atoms with van der Waals surface area (Å²) in [5.74, 6) is -0.480. The molecule has 33 heavy (non-hydrogen) atoms. The van der Waals surface area contributed by atoms with E-state index in [0.717, 1.165) is 5.56 Å². The molecule has 2 aromatic rings. The van der Waals surface area contributed by atoms with Crippen LogP contribution >= 0.6 is 11.8 Å². The number of benzene rings is 2. The van der Waals surface area contributed by atoms with Gasteiger partial charge in [-0.3, -0.25) is 24.6 Å². The molecular formula is C22H24N4O6S. The zero-order valence-electron chi connectivity index (χ0n) is 18.4. The van der Waals surface area contributed by atoms with Crippen LogP contribution in [-0.4, -0.2) is 59.4 Å². The van der Waals surface area contributed by atoms with Gasteiger partial charge >= 0.3 is 0 Å². The third-order valence-corrected chi connectivity index (χ3v) is 6.02. The van der Waals surface area contributed by atoms with Crippen LogP contribution in [-0.2, 0) is 14.3 Å². The van der Waals surface area contributed by atoms with Crippen LogP contribution in [0.25, 0.3) is 0 Å². The van der Waals surface area contributed by atoms with E-state index >= 15 is 0 Å². The first-order valence-electron chi connectivity index (χ1n) is 10.1. The van der Waals surface area contributed by atoms with Crippen molar-refractivity contribution in [3.8, 4) is 5.75 Å². The summed E-state index contributed by atoms with van der Waals surface area (Å²) in [6.45, 7) is 2.59. The van der Waals surface area contributed by atoms with Crippen molar-refractivity contribution < 1.29 is 24.0 Å². The van der Waals surface area contributed by atoms with Gasteiger partial charge in [-0.2, -0.15) is 0 Å². The Labute approximate surface area is 195 Å². The summed E-state index contributed by atoms with van der Waals surface area (Å²) in [6, 6.07) is 11.7. The van der Waals surface area contributed by atoms with E-state index in [4.69, 9.17) is 9.47 Å². The second-order valence-electron chi connectivity index (χ2n) is 7.21. The number of ether oxygens (including phenoxy) is 2. The second kappa shape index (κ2) is 10.9. The van der Waals surface area contributed by atoms with E-state index in [1.54, 1.807) is 0 Å². The van der Waals surface area contributed by atoms with Crippen molar-refractivity contribution in [1.82, 2.24) is 4.90 Å². The molecule has 0 saturated carbocycles. The minimum atomic E-state index is -0.705. The Morgan fingerprint density at radius 1 is 1.24 bits per heavy atom. The normalized spacial score (nSPS) is 16.8. The van der Waals surface area contributed by atoms with Crippen molar-refractivity contribution in [2.45, 2.75) is 18.6 Å². The number of amides is 2. The highest BCUT2D eigenvalue weighted by Crippen LogP contribution is 2.33. The summed E-state index contributed by atoms with van der Waals surface area (Å²) in [4.78, 5) is 42.5. The van der Waals surface area contributed by atoms with Crippen LogP contribution in [0, 0.1) is 17.0 Å². The van der Waals surface area contributed by atoms with Crippen molar-refractivity contribution >= 4 is 45.8 Å². The molecule has 0 aliphatic carbocycles. The van der Waals surface area contributed by atoms with Crippen LogP contribution in [0.15, 0.2) is 47.5 Å². The number of methoxy groups -OCH3 is 2. The van der Waals surface area contributed by atoms with E-state index in [1.807, 2.05) is 31.2 Å². The van der Waals surface area contributed by atoms with Crippen LogP contribution in [0.4, 0.5) is 17.1 Å². The first kappa shape index (κ1) is 24.2. The molecule has 1 aliphatic heterocycles. The second-order valence-corrected chi connectivity index (χ2v) is 8.38. The summed E-state index contributed by atoms with van der Waals surface area (Å²) in [7, 11) is 2.93. The molecule has 1 unspecified atom stereocenters. The van der Waals surface area contributed by atoms with Gasteiger partial charge in [0.15, 0.2) is 5.17 Å². The number of amidine groups is 1. The molecule has 1 N–H and O–H groups in total. The van der Waals surface area contributed by atoms with E-state index in [0.29, 0.717) is 29.8 Å². The summed E-state index contributed by atoms with van der Waals surface area (Å²) >= 11 is 1.19. The molecule has 1 atom stereocenters. The van der Waals surface area contributed by atoms with Gasteiger partial charge in [0.2, 0.25) is 11.8 Å². The van der Waals surface area contributed by atoms with Crippen LogP contribution in [0.1, 0.15) is 12.0 Å². The maximum atomic E-state index is 13.0. The number of nitrogens with one attached hydrogen (secondary N) is 1. The number of aryl methyl sites for hydroxylation is 1. The number of hydrogen-bond donors (Lipinski definition) is 1. The Morgan fingerprint density at radius 3 is 2.61 bits per heavy atom. The van der Waals surface area contributed by atoms with Crippen LogP contribution in [0.2, 0.25) is 0 Å². The van der Waals surface area contributed by atoms with Crippen molar-refractivity contribution in [2.24, 2.45) is 4.99 Å². The molecular weight excluding hydrogens is 448 g/mol. The fraction of sp³-hybridized carbons (Fsp3) is 0.318. The molecule has 11 heteroatoms. The number of hydrogen-bond acceptors (Lipinski definition) is 8. The van der Waals surface area contributed by atoms with Gasteiger partial charge in [-0.15, -0.1) is 0 Å². The van der Waals surface area contributed by atoms with Gasteiger partial charge in [-0.1, -0.05) is 29.5 Å². The Bertz CT molecular complexity index is 1070. The van der Waals surface area contributed by atoms with E-state index in [2.05, 4.69) is 10.3 Å². The van der Waals surface area contributed by atoms with Crippen molar-refractivity contribution in [3.05, 3.63) is 58.1 Å². The summed E-state index contributed by atoms with van der Waals surface area (Å²) < 4.78 is 10.1. The SMILES string of the molecule is COCCN1C(=O)C(CC(=O)Nc2ccc(OC)cc2[N+](=O)[O-])SC1=Nc1ccc(C)cc1. The van der Waals surface area contributed by atoms with Gasteiger partial charge < -0.3 is 14.8 Å². The molecule has 0 aromatic heterocycles. The molecule has 0 bridgehead atoms. The van der Waals surface area contributed by atoms with Crippen LogP contribution in [0.3, 0.4) is 0 Å². The number of thioether (sulfide) groups is 1. The largest absolute Gasteiger partial charge is 0.496 e. The van der Waals surface area contributed by atoms with Crippen molar-refractivity contribution in [3.63, 3.8) is 0 Å². The van der Waals surface area contributed by atoms with E-state index in [1.165, 1.54) is 49.1 Å². The molecule has 3 rings (SSSR count). The average Bonchev–Trinajstić information content (AvgIpc) is 3.07. The van der Waals surface area contributed by atoms with E-state index in [-0.39, 0.29) is 23.7 Å². The number of nitro benzene ring substituents is 1. The number of rotatable bonds is 9. The zero-order valence-corrected chi connectivity index (χ0v) is 19.3. The third-order valence-electron chi connectivity index (χ3n) is 4.84. The van der Waals surface area contributed by atoms with Crippen molar-refractivity contribution in [1.29, 1.82) is 0 Å². The highest BCUT2D eigenvalue weighted by Gasteiger charge is 2.39. The van der Waals surface area contributed by atoms with E-state index in [9.17, 15) is 19.7 Å². The lowest BCUT2D eigenvalue weighted by molar-refractivity contribution is -0.384. The predicted octanol–water partition coefficient (Wildman–Crippen LogP) is 3.52. The highest BCUT2D eigenvalue weighted by molar-refractivity contribution is 8.15. The van der Waals surface area contributed by atoms with Gasteiger partial charge in [0.05, 0.1) is 36.9 Å². The maximum Gasteiger partial charge on any atom is 0.296 e. The molecule has 2 aromatic carbocycles. The zero-order chi connectivity index (χ0) is 24.0. The number of carbonyl (C=O) groups excluding carboxylic acids is 2. The lowest BCUT2D eigenvalue weighted by atomic mass is 10.2. The topological polar surface area (TPSA) is 123 Å². The Morgan fingerprint density at radius 2 is 1.97 bits per heavy atom. The number of anilines is 1. The molecule has 0 radical (unpaired) electrons. The molecule has 1 fully saturated rings. The molecule has 1 aliphatic rings. The van der Waals surface area contributed by atoms with Gasteiger partial charge in [-0.05, 0) is 31.2 Å². The van der Waals surface area contributed by atoms with Gasteiger partial charge in [0.25, 0.3) is 5.69 Å². The molecule has 174 valence electrons. The molecule has 10 nitrogen and oxygen atoms in total. The van der Waals surface area contributed by atoms with E-state index < -0.39 is 16.1 Å². The van der Waals surface area contributed by atoms with Gasteiger partial charge in [-0.25, -0.2) is 4.99 Å². The summed E-state index contributed by atoms with van der Waals surface area (Å²) in [5.41, 5.74) is 1.52. The molecule has 1 saturated heterocycles. The highest BCUT2D eigenvalue weighted by atomic mass is 32.2. The van der Waals surface area contributed by atoms with Crippen molar-refractivity contribution in [2.75, 3.05) is 32.7 Å². The summed E-state index contributed by atoms with van der Waals surface area (Å²) in [6.07, 6.45) is -0.164. The molecule has 0 spiro atoms. The quantitative estimate of drug-likeness (QED) is 0.437. The monoisotopic (exact) mass is 472 g/mol. The van der Waals surface area contributed by atoms with Crippen LogP contribution < -0.4 is 10.1 Å². The predicted molar refractivity (Wildman–Crippen MR) is 126 cm³/mol. The fourth-order valence-electron chi connectivity index (χ4n) is 3.11. The summed E-state index contributed by atoms with van der Waals surface area (Å²) in [5, 5.41) is 13.7. The average molecular weight is 473 g/mol. The fourth-order valence-corrected chi connectivity index (χ4v) is 4.29.